The van der Waals surface area contributed by atoms with Crippen LogP contribution in [0.25, 0.3) is 0 Å². The van der Waals surface area contributed by atoms with Crippen LogP contribution < -0.4 is 10.5 Å². The molecule has 10 heteroatoms. The molecule has 1 aromatic carbocycles. The molecular weight excluding hydrogens is 355 g/mol. The summed E-state index contributed by atoms with van der Waals surface area (Å²) in [4.78, 5) is 25.2. The maximum absolute atomic E-state index is 12.1. The second kappa shape index (κ2) is 8.60. The molecule has 0 spiro atoms. The smallest absolute Gasteiger partial charge is 0.451 e. The Morgan fingerprint density at radius 1 is 1.33 bits per heavy atom. The second-order valence-corrected chi connectivity index (χ2v) is 7.02. The number of carbonyl (C=O) groups excluding carboxylic acids is 1. The Labute approximate surface area is 157 Å². The van der Waals surface area contributed by atoms with Gasteiger partial charge in [-0.15, -0.1) is 0 Å². The van der Waals surface area contributed by atoms with Gasteiger partial charge >= 0.3 is 13.1 Å². The van der Waals surface area contributed by atoms with E-state index in [4.69, 9.17) is 20.5 Å². The minimum atomic E-state index is -1.55. The van der Waals surface area contributed by atoms with Crippen molar-refractivity contribution in [2.45, 2.75) is 38.7 Å². The lowest BCUT2D eigenvalue weighted by Gasteiger charge is -2.40. The molecule has 1 amide bonds. The van der Waals surface area contributed by atoms with Crippen molar-refractivity contribution >= 4 is 19.0 Å². The van der Waals surface area contributed by atoms with Crippen LogP contribution in [0.5, 0.6) is 11.5 Å². The van der Waals surface area contributed by atoms with E-state index in [-0.39, 0.29) is 54.5 Å². The summed E-state index contributed by atoms with van der Waals surface area (Å²) in [5, 5.41) is 37.5. The van der Waals surface area contributed by atoms with Crippen molar-refractivity contribution in [1.29, 1.82) is 0 Å². The number of rotatable bonds is 8. The van der Waals surface area contributed by atoms with Crippen LogP contribution in [-0.4, -0.2) is 69.4 Å². The first-order valence-electron chi connectivity index (χ1n) is 8.77. The van der Waals surface area contributed by atoms with Crippen molar-refractivity contribution in [3.05, 3.63) is 23.3 Å². The molecule has 1 unspecified atom stereocenters. The highest BCUT2D eigenvalue weighted by molar-refractivity contribution is 6.41. The van der Waals surface area contributed by atoms with E-state index in [0.717, 1.165) is 0 Å². The van der Waals surface area contributed by atoms with Crippen LogP contribution in [0, 0.1) is 5.92 Å². The van der Waals surface area contributed by atoms with E-state index in [9.17, 15) is 19.8 Å². The predicted octanol–water partition coefficient (Wildman–Crippen LogP) is -0.321. The highest BCUT2D eigenvalue weighted by atomic mass is 16.5. The molecule has 0 bridgehead atoms. The van der Waals surface area contributed by atoms with Gasteiger partial charge in [0, 0.05) is 0 Å². The summed E-state index contributed by atoms with van der Waals surface area (Å²) in [7, 11) is -1.55. The molecule has 1 heterocycles. The minimum Gasteiger partial charge on any atom is -0.507 e. The van der Waals surface area contributed by atoms with Crippen molar-refractivity contribution in [2.75, 3.05) is 13.1 Å². The summed E-state index contributed by atoms with van der Waals surface area (Å²) in [5.41, 5.74) is 5.73. The van der Waals surface area contributed by atoms with Gasteiger partial charge in [0.1, 0.15) is 23.2 Å². The molecule has 1 aliphatic rings. The lowest BCUT2D eigenvalue weighted by Crippen LogP contribution is -2.60. The van der Waals surface area contributed by atoms with Crippen molar-refractivity contribution in [2.24, 2.45) is 11.7 Å². The Morgan fingerprint density at radius 3 is 2.48 bits per heavy atom. The molecule has 27 heavy (non-hydrogen) atoms. The van der Waals surface area contributed by atoms with Crippen LogP contribution in [0.15, 0.2) is 12.1 Å². The van der Waals surface area contributed by atoms with E-state index in [1.54, 1.807) is 4.90 Å². The first kappa shape index (κ1) is 21.0. The van der Waals surface area contributed by atoms with Crippen LogP contribution in [-0.2, 0) is 11.2 Å². The van der Waals surface area contributed by atoms with Crippen molar-refractivity contribution in [3.63, 3.8) is 0 Å². The van der Waals surface area contributed by atoms with E-state index in [1.807, 2.05) is 13.8 Å². The van der Waals surface area contributed by atoms with E-state index in [2.05, 4.69) is 0 Å². The maximum atomic E-state index is 12.1. The lowest BCUT2D eigenvalue weighted by atomic mass is 9.82. The third-order valence-corrected chi connectivity index (χ3v) is 4.57. The number of aromatic carboxylic acids is 1. The molecule has 1 fully saturated rings. The van der Waals surface area contributed by atoms with Gasteiger partial charge in [-0.3, -0.25) is 4.79 Å². The van der Waals surface area contributed by atoms with Crippen LogP contribution >= 0.6 is 0 Å². The zero-order valence-corrected chi connectivity index (χ0v) is 15.3. The molecule has 1 atom stereocenters. The number of likely N-dealkylation sites (tertiary alicyclic amines) is 1. The number of phenols is 1. The number of carboxylic acid groups (broad SMARTS) is 1. The van der Waals surface area contributed by atoms with E-state index >= 15 is 0 Å². The molecule has 148 valence electrons. The number of aryl methyl sites for hydroxylation is 1. The van der Waals surface area contributed by atoms with Gasteiger partial charge in [-0.05, 0) is 30.3 Å². The van der Waals surface area contributed by atoms with Gasteiger partial charge in [0.25, 0.3) is 0 Å². The molecule has 0 aromatic heterocycles. The average Bonchev–Trinajstić information content (AvgIpc) is 2.54. The zero-order valence-electron chi connectivity index (χ0n) is 15.3. The zero-order chi connectivity index (χ0) is 20.3. The number of carboxylic acids is 1. The van der Waals surface area contributed by atoms with Gasteiger partial charge in [-0.1, -0.05) is 19.9 Å². The quantitative estimate of drug-likeness (QED) is 0.385. The summed E-state index contributed by atoms with van der Waals surface area (Å²) in [6.45, 7) is 4.29. The fourth-order valence-corrected chi connectivity index (χ4v) is 2.78. The molecule has 0 radical (unpaired) electrons. The Balaban J connectivity index is 2.06. The SMILES string of the molecule is CC(C)C(N)C(=O)N1CC(Oc2ccc(CCB(O)O)c(O)c2C(=O)O)C1. The summed E-state index contributed by atoms with van der Waals surface area (Å²) >= 11 is 0. The van der Waals surface area contributed by atoms with Gasteiger partial charge < -0.3 is 35.6 Å². The molecule has 6 N–H and O–H groups in total. The molecule has 1 aromatic rings. The van der Waals surface area contributed by atoms with E-state index in [0.29, 0.717) is 0 Å². The maximum Gasteiger partial charge on any atom is 0.451 e. The number of benzene rings is 1. The summed E-state index contributed by atoms with van der Waals surface area (Å²) in [6, 6.07) is 2.31. The molecule has 2 rings (SSSR count). The summed E-state index contributed by atoms with van der Waals surface area (Å²) < 4.78 is 5.65. The molecule has 9 nitrogen and oxygen atoms in total. The highest BCUT2D eigenvalue weighted by Gasteiger charge is 2.36. The van der Waals surface area contributed by atoms with Gasteiger partial charge in [-0.25, -0.2) is 4.79 Å². The first-order valence-corrected chi connectivity index (χ1v) is 8.77. The topological polar surface area (TPSA) is 154 Å². The Bertz CT molecular complexity index is 705. The number of ether oxygens (including phenoxy) is 1. The Kier molecular flexibility index (Phi) is 6.69. The molecule has 0 aliphatic carbocycles. The molecule has 1 saturated heterocycles. The number of nitrogens with zero attached hydrogens (tertiary/aromatic N) is 1. The number of aromatic hydroxyl groups is 1. The van der Waals surface area contributed by atoms with Crippen molar-refractivity contribution in [3.8, 4) is 11.5 Å². The third-order valence-electron chi connectivity index (χ3n) is 4.57. The second-order valence-electron chi connectivity index (χ2n) is 7.02. The number of hydrogen-bond acceptors (Lipinski definition) is 7. The Morgan fingerprint density at radius 2 is 1.96 bits per heavy atom. The van der Waals surface area contributed by atoms with Crippen LogP contribution in [0.4, 0.5) is 0 Å². The Hall–Kier alpha value is -2.30. The minimum absolute atomic E-state index is 0.00134. The van der Waals surface area contributed by atoms with Crippen LogP contribution in [0.3, 0.4) is 0 Å². The molecule has 1 aliphatic heterocycles. The van der Waals surface area contributed by atoms with Crippen molar-refractivity contribution < 1.29 is 34.6 Å². The monoisotopic (exact) mass is 380 g/mol. The lowest BCUT2D eigenvalue weighted by molar-refractivity contribution is -0.142. The van der Waals surface area contributed by atoms with Gasteiger partial charge in [0.2, 0.25) is 5.91 Å². The molecular formula is C17H25BN2O7. The van der Waals surface area contributed by atoms with Gasteiger partial charge in [0.15, 0.2) is 0 Å². The fourth-order valence-electron chi connectivity index (χ4n) is 2.78. The normalized spacial score (nSPS) is 15.4. The van der Waals surface area contributed by atoms with Crippen LogP contribution in [0.1, 0.15) is 29.8 Å². The predicted molar refractivity (Wildman–Crippen MR) is 97.6 cm³/mol. The van der Waals surface area contributed by atoms with E-state index < -0.39 is 31.0 Å². The van der Waals surface area contributed by atoms with E-state index in [1.165, 1.54) is 12.1 Å². The van der Waals surface area contributed by atoms with Gasteiger partial charge in [-0.2, -0.15) is 0 Å². The third kappa shape index (κ3) is 4.91. The first-order chi connectivity index (χ1) is 12.6. The van der Waals surface area contributed by atoms with Gasteiger partial charge in [0.05, 0.1) is 19.1 Å². The number of hydrogen-bond donors (Lipinski definition) is 5. The number of nitrogens with two attached hydrogens (primary N) is 1. The molecule has 0 saturated carbocycles. The fraction of sp³-hybridized carbons (Fsp3) is 0.529. The highest BCUT2D eigenvalue weighted by Crippen LogP contribution is 2.34. The summed E-state index contributed by atoms with van der Waals surface area (Å²) in [5.74, 6) is -1.99. The summed E-state index contributed by atoms with van der Waals surface area (Å²) in [6.07, 6.45) is -0.332. The van der Waals surface area contributed by atoms with Crippen molar-refractivity contribution in [1.82, 2.24) is 4.90 Å². The largest absolute Gasteiger partial charge is 0.507 e. The number of amides is 1. The standard InChI is InChI=1S/C17H25BN2O7/c1-9(2)14(19)16(22)20-7-11(8-20)27-12-4-3-10(5-6-18(25)26)15(21)13(12)17(23)24/h3-4,9,11,14,21,25-26H,5-8,19H2,1-2H3,(H,23,24). The number of carbonyl (C=O) groups is 2. The van der Waals surface area contributed by atoms with Crippen LogP contribution in [0.2, 0.25) is 6.32 Å². The average molecular weight is 380 g/mol.